The quantitative estimate of drug-likeness (QED) is 0.619. The van der Waals surface area contributed by atoms with Gasteiger partial charge in [-0.25, -0.2) is 4.98 Å². The number of methoxy groups -OCH3 is 1. The van der Waals surface area contributed by atoms with E-state index in [0.717, 1.165) is 21.3 Å². The van der Waals surface area contributed by atoms with E-state index in [1.54, 1.807) is 7.11 Å². The van der Waals surface area contributed by atoms with Gasteiger partial charge in [-0.05, 0) is 42.3 Å². The maximum absolute atomic E-state index is 12.0. The van der Waals surface area contributed by atoms with Crippen molar-refractivity contribution in [2.24, 2.45) is 0 Å². The van der Waals surface area contributed by atoms with Crippen molar-refractivity contribution in [2.75, 3.05) is 7.11 Å². The molecule has 0 saturated heterocycles. The van der Waals surface area contributed by atoms with Crippen molar-refractivity contribution in [1.29, 1.82) is 0 Å². The molecule has 3 rings (SSSR count). The summed E-state index contributed by atoms with van der Waals surface area (Å²) in [6.07, 6.45) is 1.10. The number of benzene rings is 2. The molecular weight excluding hydrogens is 396 g/mol. The Labute approximate surface area is 160 Å². The van der Waals surface area contributed by atoms with Crippen LogP contribution >= 0.6 is 15.9 Å². The summed E-state index contributed by atoms with van der Waals surface area (Å²) in [6.45, 7) is 0.317. The summed E-state index contributed by atoms with van der Waals surface area (Å²) in [5.41, 5.74) is 2.00. The van der Waals surface area contributed by atoms with Crippen molar-refractivity contribution in [3.8, 4) is 17.1 Å². The van der Waals surface area contributed by atoms with Gasteiger partial charge >= 0.3 is 0 Å². The van der Waals surface area contributed by atoms with Crippen molar-refractivity contribution in [3.63, 3.8) is 0 Å². The first kappa shape index (κ1) is 18.1. The number of halogens is 1. The van der Waals surface area contributed by atoms with Gasteiger partial charge in [-0.2, -0.15) is 5.10 Å². The van der Waals surface area contributed by atoms with Crippen LogP contribution in [0.1, 0.15) is 17.8 Å². The zero-order chi connectivity index (χ0) is 18.4. The number of ether oxygens (including phenoxy) is 1. The molecule has 0 fully saturated rings. The molecular formula is C19H19BrN4O2. The summed E-state index contributed by atoms with van der Waals surface area (Å²) in [6, 6.07) is 15.4. The average Bonchev–Trinajstić information content (AvgIpc) is 3.15. The molecule has 0 spiro atoms. The molecule has 1 amide bonds. The van der Waals surface area contributed by atoms with E-state index in [-0.39, 0.29) is 5.91 Å². The summed E-state index contributed by atoms with van der Waals surface area (Å²) >= 11 is 3.49. The van der Waals surface area contributed by atoms with Gasteiger partial charge in [0.2, 0.25) is 5.91 Å². The second-order valence-corrected chi connectivity index (χ2v) is 6.56. The van der Waals surface area contributed by atoms with Gasteiger partial charge in [0.05, 0.1) is 13.7 Å². The molecule has 134 valence electrons. The lowest BCUT2D eigenvalue weighted by atomic mass is 10.1. The summed E-state index contributed by atoms with van der Waals surface area (Å²) in [5.74, 6) is 1.96. The third kappa shape index (κ3) is 4.70. The molecule has 0 aliphatic rings. The fraction of sp³-hybridized carbons (Fsp3) is 0.211. The van der Waals surface area contributed by atoms with Gasteiger partial charge in [0.25, 0.3) is 0 Å². The molecule has 0 unspecified atom stereocenters. The normalized spacial score (nSPS) is 10.5. The summed E-state index contributed by atoms with van der Waals surface area (Å²) in [7, 11) is 1.62. The monoisotopic (exact) mass is 414 g/mol. The highest BCUT2D eigenvalue weighted by atomic mass is 79.9. The number of carbonyl (C=O) groups excluding carboxylic acids is 1. The molecule has 0 aliphatic carbocycles. The van der Waals surface area contributed by atoms with Crippen LogP contribution in [0, 0.1) is 0 Å². The number of nitrogens with one attached hydrogen (secondary N) is 2. The Morgan fingerprint density at radius 2 is 1.96 bits per heavy atom. The molecule has 0 atom stereocenters. The van der Waals surface area contributed by atoms with Crippen molar-refractivity contribution >= 4 is 21.8 Å². The molecule has 1 aromatic heterocycles. The van der Waals surface area contributed by atoms with Gasteiger partial charge < -0.3 is 10.1 Å². The molecule has 7 heteroatoms. The highest BCUT2D eigenvalue weighted by molar-refractivity contribution is 9.10. The van der Waals surface area contributed by atoms with Crippen LogP contribution in [0.15, 0.2) is 53.0 Å². The SMILES string of the molecule is COc1ccc(-c2n[nH]c(CNC(=O)CCc3ccccc3Br)n2)cc1. The molecule has 3 aromatic rings. The largest absolute Gasteiger partial charge is 0.497 e. The predicted octanol–water partition coefficient (Wildman–Crippen LogP) is 3.49. The fourth-order valence-corrected chi connectivity index (χ4v) is 2.95. The highest BCUT2D eigenvalue weighted by Crippen LogP contribution is 2.19. The summed E-state index contributed by atoms with van der Waals surface area (Å²) in [5, 5.41) is 9.91. The van der Waals surface area contributed by atoms with Gasteiger partial charge in [0, 0.05) is 16.5 Å². The number of hydrogen-bond acceptors (Lipinski definition) is 4. The number of carbonyl (C=O) groups is 1. The van der Waals surface area contributed by atoms with Crippen molar-refractivity contribution in [3.05, 3.63) is 64.4 Å². The van der Waals surface area contributed by atoms with Crippen LogP contribution in [-0.2, 0) is 17.8 Å². The topological polar surface area (TPSA) is 79.9 Å². The number of aromatic nitrogens is 3. The lowest BCUT2D eigenvalue weighted by molar-refractivity contribution is -0.121. The van der Waals surface area contributed by atoms with Crippen LogP contribution in [-0.4, -0.2) is 28.2 Å². The molecule has 26 heavy (non-hydrogen) atoms. The molecule has 0 bridgehead atoms. The number of nitrogens with zero attached hydrogens (tertiary/aromatic N) is 2. The zero-order valence-electron chi connectivity index (χ0n) is 14.3. The van der Waals surface area contributed by atoms with Gasteiger partial charge in [0.1, 0.15) is 11.6 Å². The van der Waals surface area contributed by atoms with Crippen LogP contribution in [0.3, 0.4) is 0 Å². The Bertz CT molecular complexity index is 877. The third-order valence-corrected chi connectivity index (χ3v) is 4.69. The van der Waals surface area contributed by atoms with Crippen molar-refractivity contribution in [1.82, 2.24) is 20.5 Å². The maximum Gasteiger partial charge on any atom is 0.220 e. The number of amides is 1. The molecule has 2 N–H and O–H groups in total. The molecule has 0 saturated carbocycles. The highest BCUT2D eigenvalue weighted by Gasteiger charge is 2.08. The van der Waals surface area contributed by atoms with Crippen molar-refractivity contribution < 1.29 is 9.53 Å². The molecule has 2 aromatic carbocycles. The Hall–Kier alpha value is -2.67. The van der Waals surface area contributed by atoms with Gasteiger partial charge in [-0.15, -0.1) is 0 Å². The maximum atomic E-state index is 12.0. The van der Waals surface area contributed by atoms with Gasteiger partial charge in [-0.1, -0.05) is 34.1 Å². The van der Waals surface area contributed by atoms with E-state index in [0.29, 0.717) is 31.0 Å². The standard InChI is InChI=1S/C19H19BrN4O2/c1-26-15-9-6-14(7-10-15)19-22-17(23-24-19)12-21-18(25)11-8-13-4-2-3-5-16(13)20/h2-7,9-10H,8,11-12H2,1H3,(H,21,25)(H,22,23,24). The number of aryl methyl sites for hydroxylation is 1. The lowest BCUT2D eigenvalue weighted by Crippen LogP contribution is -2.23. The Morgan fingerprint density at radius 3 is 2.69 bits per heavy atom. The van der Waals surface area contributed by atoms with Gasteiger partial charge in [0.15, 0.2) is 5.82 Å². The van der Waals surface area contributed by atoms with E-state index in [2.05, 4.69) is 36.4 Å². The van der Waals surface area contributed by atoms with E-state index in [9.17, 15) is 4.79 Å². The van der Waals surface area contributed by atoms with E-state index in [1.165, 1.54) is 0 Å². The molecule has 0 radical (unpaired) electrons. The third-order valence-electron chi connectivity index (χ3n) is 3.91. The minimum Gasteiger partial charge on any atom is -0.497 e. The minimum absolute atomic E-state index is 0.0249. The average molecular weight is 415 g/mol. The van der Waals surface area contributed by atoms with Crippen LogP contribution in [0.5, 0.6) is 5.75 Å². The Balaban J connectivity index is 1.51. The Kier molecular flexibility index (Phi) is 6.01. The second-order valence-electron chi connectivity index (χ2n) is 5.70. The Morgan fingerprint density at radius 1 is 1.19 bits per heavy atom. The van der Waals surface area contributed by atoms with E-state index in [1.807, 2.05) is 48.5 Å². The van der Waals surface area contributed by atoms with Crippen LogP contribution < -0.4 is 10.1 Å². The van der Waals surface area contributed by atoms with Crippen molar-refractivity contribution in [2.45, 2.75) is 19.4 Å². The van der Waals surface area contributed by atoms with E-state index in [4.69, 9.17) is 4.74 Å². The minimum atomic E-state index is -0.0249. The van der Waals surface area contributed by atoms with Crippen LogP contribution in [0.25, 0.3) is 11.4 Å². The second kappa shape index (κ2) is 8.62. The first-order chi connectivity index (χ1) is 12.7. The predicted molar refractivity (Wildman–Crippen MR) is 103 cm³/mol. The molecule has 1 heterocycles. The zero-order valence-corrected chi connectivity index (χ0v) is 15.9. The number of H-pyrrole nitrogens is 1. The molecule has 6 nitrogen and oxygen atoms in total. The number of rotatable bonds is 7. The summed E-state index contributed by atoms with van der Waals surface area (Å²) in [4.78, 5) is 16.5. The number of aromatic amines is 1. The van der Waals surface area contributed by atoms with E-state index >= 15 is 0 Å². The van der Waals surface area contributed by atoms with Crippen LogP contribution in [0.2, 0.25) is 0 Å². The lowest BCUT2D eigenvalue weighted by Gasteiger charge is -2.05. The fourth-order valence-electron chi connectivity index (χ4n) is 2.46. The first-order valence-corrected chi connectivity index (χ1v) is 9.01. The smallest absolute Gasteiger partial charge is 0.220 e. The molecule has 0 aliphatic heterocycles. The van der Waals surface area contributed by atoms with Crippen LogP contribution in [0.4, 0.5) is 0 Å². The summed E-state index contributed by atoms with van der Waals surface area (Å²) < 4.78 is 6.16. The van der Waals surface area contributed by atoms with E-state index < -0.39 is 0 Å². The van der Waals surface area contributed by atoms with Gasteiger partial charge in [-0.3, -0.25) is 9.89 Å². The first-order valence-electron chi connectivity index (χ1n) is 8.21. The number of hydrogen-bond donors (Lipinski definition) is 2.